The predicted molar refractivity (Wildman–Crippen MR) is 146 cm³/mol. The van der Waals surface area contributed by atoms with E-state index in [1.807, 2.05) is 0 Å². The molecule has 0 aliphatic heterocycles. The van der Waals surface area contributed by atoms with Crippen LogP contribution in [0, 0.1) is 0 Å². The van der Waals surface area contributed by atoms with Crippen LogP contribution in [0.15, 0.2) is 24.3 Å². The summed E-state index contributed by atoms with van der Waals surface area (Å²) in [6, 6.07) is 0. The number of aliphatic hydroxyl groups is 1. The molecule has 216 valence electrons. The number of hydrogen-bond acceptors (Lipinski definition) is 7. The minimum absolute atomic E-state index is 0.0645. The second-order valence-electron chi connectivity index (χ2n) is 8.97. The lowest BCUT2D eigenvalue weighted by atomic mass is 10.1. The average Bonchev–Trinajstić information content (AvgIpc) is 2.88. The van der Waals surface area contributed by atoms with Gasteiger partial charge in [-0.05, 0) is 38.5 Å². The Morgan fingerprint density at radius 3 is 2.14 bits per heavy atom. The van der Waals surface area contributed by atoms with Crippen molar-refractivity contribution in [1.82, 2.24) is 5.32 Å². The van der Waals surface area contributed by atoms with Gasteiger partial charge in [0.15, 0.2) is 0 Å². The molecule has 0 aromatic carbocycles. The molecule has 0 fully saturated rings. The number of ether oxygens (including phenoxy) is 1. The van der Waals surface area contributed by atoms with Crippen LogP contribution in [-0.4, -0.2) is 54.3 Å². The van der Waals surface area contributed by atoms with Gasteiger partial charge in [0.25, 0.3) is 0 Å². The molecule has 0 spiro atoms. The molecule has 1 amide bonds. The summed E-state index contributed by atoms with van der Waals surface area (Å²) >= 11 is 0. The van der Waals surface area contributed by atoms with Crippen molar-refractivity contribution in [3.63, 3.8) is 0 Å². The number of phosphoric acid groups is 1. The number of unbranched alkanes of at least 4 members (excludes halogenated alkanes) is 9. The van der Waals surface area contributed by atoms with E-state index in [2.05, 4.69) is 45.6 Å². The third-order valence-corrected chi connectivity index (χ3v) is 6.43. The van der Waals surface area contributed by atoms with Gasteiger partial charge >= 0.3 is 13.8 Å². The van der Waals surface area contributed by atoms with Gasteiger partial charge in [-0.25, -0.2) is 4.57 Å². The number of rotatable bonds is 25. The summed E-state index contributed by atoms with van der Waals surface area (Å²) in [5.74, 6) is -0.625. The maximum absolute atomic E-state index is 11.8. The molecule has 3 N–H and O–H groups in total. The molecular weight excluding hydrogens is 497 g/mol. The first-order chi connectivity index (χ1) is 17.8. The van der Waals surface area contributed by atoms with Crippen LogP contribution in [0.5, 0.6) is 0 Å². The Kier molecular flexibility index (Phi) is 23.8. The molecule has 2 unspecified atom stereocenters. The maximum atomic E-state index is 11.8. The summed E-state index contributed by atoms with van der Waals surface area (Å²) in [5, 5.41) is 12.3. The van der Waals surface area contributed by atoms with E-state index in [-0.39, 0.29) is 32.1 Å². The van der Waals surface area contributed by atoms with Crippen LogP contribution in [0.25, 0.3) is 0 Å². The number of esters is 1. The van der Waals surface area contributed by atoms with Crippen molar-refractivity contribution in [2.45, 2.75) is 110 Å². The van der Waals surface area contributed by atoms with Crippen molar-refractivity contribution in [2.75, 3.05) is 26.4 Å². The van der Waals surface area contributed by atoms with E-state index in [0.29, 0.717) is 6.42 Å². The van der Waals surface area contributed by atoms with Crippen LogP contribution in [0.1, 0.15) is 104 Å². The Hall–Kier alpha value is -1.51. The normalized spacial score (nSPS) is 14.2. The van der Waals surface area contributed by atoms with Gasteiger partial charge < -0.3 is 20.1 Å². The number of nitrogens with one attached hydrogen (secondary N) is 1. The minimum atomic E-state index is -4.37. The molecule has 0 rings (SSSR count). The van der Waals surface area contributed by atoms with Gasteiger partial charge in [-0.3, -0.25) is 18.6 Å². The van der Waals surface area contributed by atoms with Crippen LogP contribution < -0.4 is 5.32 Å². The van der Waals surface area contributed by atoms with Crippen molar-refractivity contribution in [2.24, 2.45) is 0 Å². The number of phosphoric ester groups is 1. The fourth-order valence-corrected chi connectivity index (χ4v) is 4.02. The molecule has 0 saturated carbocycles. The third kappa shape index (κ3) is 25.9. The van der Waals surface area contributed by atoms with Crippen molar-refractivity contribution in [3.8, 4) is 0 Å². The Morgan fingerprint density at radius 1 is 0.865 bits per heavy atom. The molecule has 2 atom stereocenters. The molecule has 0 aromatic rings. The molecule has 0 aromatic heterocycles. The first-order valence-corrected chi connectivity index (χ1v) is 15.3. The molecule has 0 aliphatic rings. The second-order valence-corrected chi connectivity index (χ2v) is 10.4. The number of amides is 1. The van der Waals surface area contributed by atoms with Gasteiger partial charge in [-0.2, -0.15) is 0 Å². The van der Waals surface area contributed by atoms with Crippen molar-refractivity contribution >= 4 is 19.7 Å². The van der Waals surface area contributed by atoms with Crippen molar-refractivity contribution in [1.29, 1.82) is 0 Å². The highest BCUT2D eigenvalue weighted by atomic mass is 31.2. The van der Waals surface area contributed by atoms with E-state index >= 15 is 0 Å². The Morgan fingerprint density at radius 2 is 1.49 bits per heavy atom. The van der Waals surface area contributed by atoms with Gasteiger partial charge in [0, 0.05) is 19.4 Å². The van der Waals surface area contributed by atoms with Crippen LogP contribution in [-0.2, 0) is 27.9 Å². The lowest BCUT2D eigenvalue weighted by Crippen LogP contribution is -2.26. The molecule has 9 nitrogen and oxygen atoms in total. The zero-order valence-corrected chi connectivity index (χ0v) is 23.8. The third-order valence-electron chi connectivity index (χ3n) is 5.45. The summed E-state index contributed by atoms with van der Waals surface area (Å²) in [7, 11) is -4.37. The highest BCUT2D eigenvalue weighted by molar-refractivity contribution is 7.47. The molecular formula is C27H50NO8P. The second kappa shape index (κ2) is 24.8. The predicted octanol–water partition coefficient (Wildman–Crippen LogP) is 5.75. The molecule has 0 heterocycles. The van der Waals surface area contributed by atoms with Gasteiger partial charge in [-0.1, -0.05) is 76.7 Å². The highest BCUT2D eigenvalue weighted by Gasteiger charge is 2.23. The molecule has 0 aliphatic carbocycles. The van der Waals surface area contributed by atoms with Crippen molar-refractivity contribution in [3.05, 3.63) is 24.3 Å². The van der Waals surface area contributed by atoms with Gasteiger partial charge in [0.2, 0.25) is 5.91 Å². The fraction of sp³-hybridized carbons (Fsp3) is 0.778. The minimum Gasteiger partial charge on any atom is -0.463 e. The standard InChI is InChI=1S/C27H50NO8P/c1-3-5-6-7-8-9-10-11-12-13-14-15-16-17-18-19-20-27(31)34-23-25(29)24-36-37(32,33)35-22-21-28-26(30)4-2/h9-10,12-13,25,29H,3-8,11,14-24H2,1-2H3,(H,28,30)(H,32,33)/b10-9-,13-12-. The van der Waals surface area contributed by atoms with E-state index in [4.69, 9.17) is 4.74 Å². The quantitative estimate of drug-likeness (QED) is 0.0569. The van der Waals surface area contributed by atoms with E-state index < -0.39 is 26.5 Å². The van der Waals surface area contributed by atoms with Crippen LogP contribution in [0.4, 0.5) is 0 Å². The van der Waals surface area contributed by atoms with E-state index in [9.17, 15) is 24.2 Å². The fourth-order valence-electron chi connectivity index (χ4n) is 3.26. The summed E-state index contributed by atoms with van der Waals surface area (Å²) in [4.78, 5) is 32.4. The molecule has 37 heavy (non-hydrogen) atoms. The highest BCUT2D eigenvalue weighted by Crippen LogP contribution is 2.42. The number of carbonyl (C=O) groups is 2. The molecule has 0 radical (unpaired) electrons. The largest absolute Gasteiger partial charge is 0.472 e. The van der Waals surface area contributed by atoms with E-state index in [1.165, 1.54) is 32.1 Å². The monoisotopic (exact) mass is 547 g/mol. The van der Waals surface area contributed by atoms with E-state index in [0.717, 1.165) is 44.9 Å². The van der Waals surface area contributed by atoms with Gasteiger partial charge in [0.05, 0.1) is 13.2 Å². The van der Waals surface area contributed by atoms with Gasteiger partial charge in [0.1, 0.15) is 12.7 Å². The first kappa shape index (κ1) is 35.5. The molecule has 10 heteroatoms. The average molecular weight is 548 g/mol. The lowest BCUT2D eigenvalue weighted by molar-refractivity contribution is -0.147. The molecule has 0 bridgehead atoms. The zero-order chi connectivity index (χ0) is 27.6. The Balaban J connectivity index is 3.62. The van der Waals surface area contributed by atoms with Crippen molar-refractivity contribution < 1.29 is 37.9 Å². The lowest BCUT2D eigenvalue weighted by Gasteiger charge is -2.15. The SMILES string of the molecule is CCCCCC/C=C\C/C=C\CCCCCCCC(=O)OCC(O)COP(=O)(O)OCCNC(=O)CC. The summed E-state index contributed by atoms with van der Waals surface area (Å²) in [6.07, 6.45) is 21.8. The smallest absolute Gasteiger partial charge is 0.463 e. The van der Waals surface area contributed by atoms with Gasteiger partial charge in [-0.15, -0.1) is 0 Å². The van der Waals surface area contributed by atoms with Crippen LogP contribution in [0.2, 0.25) is 0 Å². The first-order valence-electron chi connectivity index (χ1n) is 13.8. The number of carbonyl (C=O) groups excluding carboxylic acids is 2. The number of aliphatic hydroxyl groups excluding tert-OH is 1. The summed E-state index contributed by atoms with van der Waals surface area (Å²) in [5.41, 5.74) is 0. The van der Waals surface area contributed by atoms with Crippen LogP contribution >= 0.6 is 7.82 Å². The number of hydrogen-bond donors (Lipinski definition) is 3. The number of allylic oxidation sites excluding steroid dienone is 4. The summed E-state index contributed by atoms with van der Waals surface area (Å²) in [6.45, 7) is 2.92. The Bertz CT molecular complexity index is 683. The Labute approximate surface area is 223 Å². The topological polar surface area (TPSA) is 131 Å². The maximum Gasteiger partial charge on any atom is 0.472 e. The zero-order valence-electron chi connectivity index (χ0n) is 22.9. The molecule has 0 saturated heterocycles. The summed E-state index contributed by atoms with van der Waals surface area (Å²) < 4.78 is 26.1. The van der Waals surface area contributed by atoms with Crippen LogP contribution in [0.3, 0.4) is 0 Å². The van der Waals surface area contributed by atoms with E-state index in [1.54, 1.807) is 6.92 Å².